The van der Waals surface area contributed by atoms with Gasteiger partial charge in [0.15, 0.2) is 0 Å². The number of rotatable bonds is 0. The van der Waals surface area contributed by atoms with Gasteiger partial charge in [-0.1, -0.05) is 0 Å². The molecular formula is C8H9FN4. The first-order chi connectivity index (χ1) is 6.33. The molecule has 1 aliphatic rings. The van der Waals surface area contributed by atoms with Crippen LogP contribution in [0.2, 0.25) is 0 Å². The molecule has 4 nitrogen and oxygen atoms in total. The quantitative estimate of drug-likeness (QED) is 0.463. The monoisotopic (exact) mass is 180 g/mol. The average Bonchev–Trinajstić information content (AvgIpc) is 2.71. The highest BCUT2D eigenvalue weighted by Crippen LogP contribution is 2.12. The normalized spacial score (nSPS) is 21.6. The summed E-state index contributed by atoms with van der Waals surface area (Å²) in [5, 5.41) is 3.99. The number of nitrogens with two attached hydrogens (primary N) is 1. The van der Waals surface area contributed by atoms with Crippen LogP contribution in [0.5, 0.6) is 0 Å². The van der Waals surface area contributed by atoms with E-state index >= 15 is 0 Å². The predicted octanol–water partition coefficient (Wildman–Crippen LogP) is -1.33. The van der Waals surface area contributed by atoms with Gasteiger partial charge < -0.3 is 16.0 Å². The Balaban J connectivity index is 2.75. The maximum Gasteiger partial charge on any atom is 0.146 e. The van der Waals surface area contributed by atoms with Gasteiger partial charge in [0.25, 0.3) is 0 Å². The number of aromatic amines is 1. The van der Waals surface area contributed by atoms with Crippen LogP contribution in [0.25, 0.3) is 11.8 Å². The molecule has 5 heteroatoms. The van der Waals surface area contributed by atoms with Crippen LogP contribution in [0.15, 0.2) is 18.4 Å². The average molecular weight is 180 g/mol. The van der Waals surface area contributed by atoms with Gasteiger partial charge in [-0.15, -0.1) is 0 Å². The summed E-state index contributed by atoms with van der Waals surface area (Å²) in [5.41, 5.74) is 5.88. The number of H-pyrrole nitrogens is 1. The lowest BCUT2D eigenvalue weighted by atomic mass is 10.2. The second-order valence-electron chi connectivity index (χ2n) is 2.68. The maximum absolute atomic E-state index is 13.1. The molecule has 0 atom stereocenters. The number of halogens is 1. The van der Waals surface area contributed by atoms with Crippen molar-refractivity contribution in [3.8, 4) is 0 Å². The molecule has 0 spiro atoms. The van der Waals surface area contributed by atoms with Crippen molar-refractivity contribution in [1.29, 1.82) is 0 Å². The Morgan fingerprint density at radius 3 is 3.08 bits per heavy atom. The lowest BCUT2D eigenvalue weighted by molar-refractivity contribution is 0.674. The smallest absolute Gasteiger partial charge is 0.146 e. The third-order valence-corrected chi connectivity index (χ3v) is 1.92. The van der Waals surface area contributed by atoms with Crippen molar-refractivity contribution in [1.82, 2.24) is 15.3 Å². The summed E-state index contributed by atoms with van der Waals surface area (Å²) in [4.78, 5) is 6.81. The molecule has 0 radical (unpaired) electrons. The van der Waals surface area contributed by atoms with Crippen LogP contribution in [0, 0.1) is 0 Å². The van der Waals surface area contributed by atoms with E-state index in [1.54, 1.807) is 0 Å². The van der Waals surface area contributed by atoms with Crippen molar-refractivity contribution in [3.63, 3.8) is 0 Å². The van der Waals surface area contributed by atoms with E-state index in [0.717, 1.165) is 0 Å². The van der Waals surface area contributed by atoms with Gasteiger partial charge in [0.05, 0.1) is 17.0 Å². The highest BCUT2D eigenvalue weighted by Gasteiger charge is 2.12. The first-order valence-corrected chi connectivity index (χ1v) is 3.87. The molecule has 13 heavy (non-hydrogen) atoms. The molecule has 2 rings (SSSR count). The fraction of sp³-hybridized carbons (Fsp3) is 0.125. The zero-order valence-corrected chi connectivity index (χ0v) is 6.84. The summed E-state index contributed by atoms with van der Waals surface area (Å²) in [6.45, 7) is 0.456. The summed E-state index contributed by atoms with van der Waals surface area (Å²) in [7, 11) is 0. The van der Waals surface area contributed by atoms with Crippen molar-refractivity contribution in [2.45, 2.75) is 0 Å². The molecule has 1 aromatic rings. The van der Waals surface area contributed by atoms with Crippen LogP contribution in [-0.4, -0.2) is 16.5 Å². The first-order valence-electron chi connectivity index (χ1n) is 3.87. The third kappa shape index (κ3) is 1.18. The Morgan fingerprint density at radius 2 is 2.46 bits per heavy atom. The van der Waals surface area contributed by atoms with E-state index < -0.39 is 0 Å². The van der Waals surface area contributed by atoms with Crippen LogP contribution in [0.1, 0.15) is 0 Å². The van der Waals surface area contributed by atoms with Gasteiger partial charge in [0.1, 0.15) is 5.83 Å². The van der Waals surface area contributed by atoms with Gasteiger partial charge in [0.2, 0.25) is 0 Å². The molecule has 0 aliphatic carbocycles. The van der Waals surface area contributed by atoms with E-state index in [1.807, 2.05) is 0 Å². The fourth-order valence-corrected chi connectivity index (χ4v) is 1.28. The third-order valence-electron chi connectivity index (χ3n) is 1.92. The first kappa shape index (κ1) is 7.85. The van der Waals surface area contributed by atoms with Crippen LogP contribution >= 0.6 is 0 Å². The van der Waals surface area contributed by atoms with Crippen molar-refractivity contribution in [2.24, 2.45) is 5.73 Å². The zero-order chi connectivity index (χ0) is 9.26. The summed E-state index contributed by atoms with van der Waals surface area (Å²) in [6.07, 6.45) is 4.19. The van der Waals surface area contributed by atoms with E-state index in [1.165, 1.54) is 18.7 Å². The van der Waals surface area contributed by atoms with Gasteiger partial charge in [-0.2, -0.15) is 0 Å². The van der Waals surface area contributed by atoms with Crippen LogP contribution < -0.4 is 21.7 Å². The van der Waals surface area contributed by atoms with E-state index in [0.29, 0.717) is 22.8 Å². The van der Waals surface area contributed by atoms with Gasteiger partial charge in [-0.3, -0.25) is 0 Å². The molecular weight excluding hydrogens is 171 g/mol. The number of nitrogens with one attached hydrogen (secondary N) is 2. The molecule has 1 aliphatic heterocycles. The Kier molecular flexibility index (Phi) is 1.77. The summed E-state index contributed by atoms with van der Waals surface area (Å²) in [5.74, 6) is -0.282. The second-order valence-corrected chi connectivity index (χ2v) is 2.68. The number of hydrogen-bond donors (Lipinski definition) is 3. The minimum Gasteiger partial charge on any atom is -0.403 e. The summed E-state index contributed by atoms with van der Waals surface area (Å²) < 4.78 is 13.1. The zero-order valence-electron chi connectivity index (χ0n) is 6.84. The lowest BCUT2D eigenvalue weighted by Crippen LogP contribution is -2.29. The largest absolute Gasteiger partial charge is 0.403 e. The standard InChI is InChI=1S/C8H9FN4/c9-6-3-11-2-5(6)8-7(1-10)12-4-13-8/h1,3-4,11H,2,10H2,(H,12,13)/b7-1+,8-5-. The molecule has 0 bridgehead atoms. The van der Waals surface area contributed by atoms with Crippen molar-refractivity contribution < 1.29 is 4.39 Å². The van der Waals surface area contributed by atoms with E-state index in [4.69, 9.17) is 5.73 Å². The Morgan fingerprint density at radius 1 is 1.62 bits per heavy atom. The minimum atomic E-state index is -0.282. The van der Waals surface area contributed by atoms with E-state index in [9.17, 15) is 4.39 Å². The number of nitrogens with zero attached hydrogens (tertiary/aromatic N) is 1. The molecule has 0 unspecified atom stereocenters. The molecule has 1 aromatic heterocycles. The summed E-state index contributed by atoms with van der Waals surface area (Å²) >= 11 is 0. The molecule has 0 fully saturated rings. The highest BCUT2D eigenvalue weighted by molar-refractivity contribution is 5.64. The van der Waals surface area contributed by atoms with E-state index in [2.05, 4.69) is 15.3 Å². The van der Waals surface area contributed by atoms with Gasteiger partial charge in [-0.25, -0.2) is 9.37 Å². The van der Waals surface area contributed by atoms with Crippen molar-refractivity contribution in [3.05, 3.63) is 29.1 Å². The molecule has 0 saturated carbocycles. The van der Waals surface area contributed by atoms with Gasteiger partial charge >= 0.3 is 0 Å². The van der Waals surface area contributed by atoms with Crippen LogP contribution in [-0.2, 0) is 0 Å². The molecule has 2 heterocycles. The van der Waals surface area contributed by atoms with Crippen molar-refractivity contribution in [2.75, 3.05) is 6.54 Å². The molecule has 0 aromatic carbocycles. The number of imidazole rings is 1. The minimum absolute atomic E-state index is 0.282. The second kappa shape index (κ2) is 2.93. The maximum atomic E-state index is 13.1. The van der Waals surface area contributed by atoms with Gasteiger partial charge in [0, 0.05) is 24.5 Å². The fourth-order valence-electron chi connectivity index (χ4n) is 1.28. The molecule has 4 N–H and O–H groups in total. The van der Waals surface area contributed by atoms with Gasteiger partial charge in [-0.05, 0) is 0 Å². The Hall–Kier alpha value is -1.78. The topological polar surface area (TPSA) is 66.7 Å². The molecule has 0 amide bonds. The predicted molar refractivity (Wildman–Crippen MR) is 47.1 cm³/mol. The van der Waals surface area contributed by atoms with Crippen LogP contribution in [0.3, 0.4) is 0 Å². The molecule has 68 valence electrons. The Bertz CT molecular complexity index is 457. The number of aromatic nitrogens is 2. The highest BCUT2D eigenvalue weighted by atomic mass is 19.1. The van der Waals surface area contributed by atoms with E-state index in [-0.39, 0.29) is 5.83 Å². The number of hydrogen-bond acceptors (Lipinski definition) is 3. The lowest BCUT2D eigenvalue weighted by Gasteiger charge is -1.91. The Labute approximate surface area is 73.7 Å². The molecule has 0 saturated heterocycles. The van der Waals surface area contributed by atoms with Crippen LogP contribution in [0.4, 0.5) is 4.39 Å². The summed E-state index contributed by atoms with van der Waals surface area (Å²) in [6, 6.07) is 0. The SMILES string of the molecule is N/C=c1/[nH]cn/c1=C1/CNC=C1F. The van der Waals surface area contributed by atoms with Crippen molar-refractivity contribution >= 4 is 11.8 Å².